The largest absolute Gasteiger partial charge is 0.0622 e. The topological polar surface area (TPSA) is 0 Å². The second kappa shape index (κ2) is 23.2. The quantitative estimate of drug-likeness (QED) is 0.127. The van der Waals surface area contributed by atoms with Gasteiger partial charge < -0.3 is 0 Å². The van der Waals surface area contributed by atoms with Crippen LogP contribution in [0.2, 0.25) is 0 Å². The number of hydrogen-bond donors (Lipinski definition) is 0. The molecule has 285 valence electrons. The Kier molecular flexibility index (Phi) is 17.0. The van der Waals surface area contributed by atoms with Gasteiger partial charge in [-0.3, -0.25) is 0 Å². The molecule has 0 aromatic heterocycles. The molecule has 0 amide bonds. The van der Waals surface area contributed by atoms with Gasteiger partial charge in [-0.15, -0.1) is 0 Å². The summed E-state index contributed by atoms with van der Waals surface area (Å²) >= 11 is 0. The van der Waals surface area contributed by atoms with Gasteiger partial charge in [0.15, 0.2) is 0 Å². The molecule has 0 unspecified atom stereocenters. The Labute approximate surface area is 359 Å². The molecule has 9 aromatic rings. The molecule has 0 aliphatic heterocycles. The minimum atomic E-state index is -0.446. The normalized spacial score (nSPS) is 10.4. The van der Waals surface area contributed by atoms with Gasteiger partial charge in [-0.05, 0) is 71.5 Å². The SMILES string of the molecule is [Co].c1ccc(P(c2ccccc2)c2ccccc2)cc1.c1ccc(P(c2ccccc2)c2ccccc2)cc1.c1ccc(P(c2ccccc2)c2ccccc2)cc1. The second-order valence-corrected chi connectivity index (χ2v) is 19.7. The molecule has 0 bridgehead atoms. The van der Waals surface area contributed by atoms with Gasteiger partial charge in [-0.25, -0.2) is 0 Å². The van der Waals surface area contributed by atoms with E-state index >= 15 is 0 Å². The van der Waals surface area contributed by atoms with Crippen LogP contribution < -0.4 is 47.7 Å². The molecule has 0 fully saturated rings. The Morgan fingerprint density at radius 1 is 0.138 bits per heavy atom. The van der Waals surface area contributed by atoms with Crippen LogP contribution in [0.3, 0.4) is 0 Å². The van der Waals surface area contributed by atoms with Crippen molar-refractivity contribution in [3.63, 3.8) is 0 Å². The minimum absolute atomic E-state index is 0. The van der Waals surface area contributed by atoms with Crippen molar-refractivity contribution in [3.05, 3.63) is 273 Å². The van der Waals surface area contributed by atoms with Crippen LogP contribution in [0.25, 0.3) is 0 Å². The fourth-order valence-electron chi connectivity index (χ4n) is 6.54. The summed E-state index contributed by atoms with van der Waals surface area (Å²) in [6, 6.07) is 97.0. The van der Waals surface area contributed by atoms with Crippen molar-refractivity contribution in [2.75, 3.05) is 0 Å². The van der Waals surface area contributed by atoms with E-state index in [0.717, 1.165) is 0 Å². The molecule has 0 saturated carbocycles. The van der Waals surface area contributed by atoms with Crippen LogP contribution in [0.1, 0.15) is 0 Å². The summed E-state index contributed by atoms with van der Waals surface area (Å²) in [6.45, 7) is 0. The maximum absolute atomic E-state index is 2.23. The van der Waals surface area contributed by atoms with E-state index in [-0.39, 0.29) is 16.8 Å². The summed E-state index contributed by atoms with van der Waals surface area (Å²) in [4.78, 5) is 0. The van der Waals surface area contributed by atoms with Gasteiger partial charge in [0.1, 0.15) is 0 Å². The Morgan fingerprint density at radius 2 is 0.224 bits per heavy atom. The number of benzene rings is 9. The second-order valence-electron chi connectivity index (χ2n) is 13.0. The first-order valence-corrected chi connectivity index (χ1v) is 23.2. The Balaban J connectivity index is 0.000000145. The van der Waals surface area contributed by atoms with Gasteiger partial charge in [0.25, 0.3) is 0 Å². The van der Waals surface area contributed by atoms with E-state index in [4.69, 9.17) is 0 Å². The third kappa shape index (κ3) is 11.9. The van der Waals surface area contributed by atoms with Crippen LogP contribution in [0, 0.1) is 0 Å². The van der Waals surface area contributed by atoms with E-state index in [9.17, 15) is 0 Å². The molecular weight excluding hydrogens is 800 g/mol. The Morgan fingerprint density at radius 3 is 0.310 bits per heavy atom. The summed E-state index contributed by atoms with van der Waals surface area (Å²) in [5, 5.41) is 12.6. The zero-order valence-corrected chi connectivity index (χ0v) is 35.9. The molecule has 0 N–H and O–H groups in total. The molecule has 4 heteroatoms. The van der Waals surface area contributed by atoms with Crippen molar-refractivity contribution in [2.45, 2.75) is 0 Å². The zero-order valence-electron chi connectivity index (χ0n) is 32.2. The molecule has 58 heavy (non-hydrogen) atoms. The first-order valence-electron chi connectivity index (χ1n) is 19.2. The summed E-state index contributed by atoms with van der Waals surface area (Å²) in [6.07, 6.45) is 0. The Bertz CT molecular complexity index is 1860. The molecule has 1 radical (unpaired) electrons. The van der Waals surface area contributed by atoms with Crippen LogP contribution in [0.4, 0.5) is 0 Å². The molecule has 0 heterocycles. The summed E-state index contributed by atoms with van der Waals surface area (Å²) in [5.74, 6) is 0. The van der Waals surface area contributed by atoms with E-state index in [1.54, 1.807) is 0 Å². The summed E-state index contributed by atoms with van der Waals surface area (Å²) in [7, 11) is -1.34. The summed E-state index contributed by atoms with van der Waals surface area (Å²) in [5.41, 5.74) is 0. The van der Waals surface area contributed by atoms with Crippen LogP contribution in [-0.2, 0) is 16.8 Å². The molecule has 0 saturated heterocycles. The molecule has 0 spiro atoms. The van der Waals surface area contributed by atoms with E-state index < -0.39 is 23.8 Å². The maximum atomic E-state index is 2.23. The van der Waals surface area contributed by atoms with Gasteiger partial charge in [0.2, 0.25) is 0 Å². The van der Waals surface area contributed by atoms with Gasteiger partial charge in [-0.1, -0.05) is 273 Å². The first kappa shape index (κ1) is 42.4. The minimum Gasteiger partial charge on any atom is -0.0622 e. The molecule has 0 atom stereocenters. The fraction of sp³-hybridized carbons (Fsp3) is 0. The molecular formula is C54H45CoP3. The molecule has 9 aromatic carbocycles. The smallest absolute Gasteiger partial charge is 0 e. The van der Waals surface area contributed by atoms with Gasteiger partial charge in [0.05, 0.1) is 0 Å². The average Bonchev–Trinajstić information content (AvgIpc) is 3.30. The standard InChI is InChI=1S/3C18H15P.Co/c3*1-4-10-16(11-5-1)19(17-12-6-2-7-13-17)18-14-8-3-9-15-18;/h3*1-15H;. The average molecular weight is 846 g/mol. The van der Waals surface area contributed by atoms with E-state index in [2.05, 4.69) is 273 Å². The van der Waals surface area contributed by atoms with Crippen molar-refractivity contribution >= 4 is 71.5 Å². The van der Waals surface area contributed by atoms with Crippen molar-refractivity contribution in [1.82, 2.24) is 0 Å². The fourth-order valence-corrected chi connectivity index (χ4v) is 13.5. The van der Waals surface area contributed by atoms with Gasteiger partial charge >= 0.3 is 0 Å². The van der Waals surface area contributed by atoms with Crippen molar-refractivity contribution in [3.8, 4) is 0 Å². The molecule has 0 nitrogen and oxygen atoms in total. The zero-order chi connectivity index (χ0) is 38.7. The third-order valence-corrected chi connectivity index (χ3v) is 16.5. The first-order chi connectivity index (χ1) is 28.3. The van der Waals surface area contributed by atoms with Crippen molar-refractivity contribution < 1.29 is 16.8 Å². The van der Waals surface area contributed by atoms with E-state index in [0.29, 0.717) is 0 Å². The van der Waals surface area contributed by atoms with Crippen LogP contribution >= 0.6 is 23.8 Å². The summed E-state index contributed by atoms with van der Waals surface area (Å²) < 4.78 is 0. The molecule has 0 aliphatic carbocycles. The molecule has 0 aliphatic rings. The predicted molar refractivity (Wildman–Crippen MR) is 255 cm³/mol. The number of hydrogen-bond acceptors (Lipinski definition) is 0. The van der Waals surface area contributed by atoms with E-state index in [1.807, 2.05) is 0 Å². The van der Waals surface area contributed by atoms with Gasteiger partial charge in [-0.2, -0.15) is 0 Å². The Hall–Kier alpha value is -5.22. The van der Waals surface area contributed by atoms with Crippen LogP contribution in [-0.4, -0.2) is 0 Å². The van der Waals surface area contributed by atoms with Crippen molar-refractivity contribution in [2.24, 2.45) is 0 Å². The van der Waals surface area contributed by atoms with Crippen molar-refractivity contribution in [1.29, 1.82) is 0 Å². The maximum Gasteiger partial charge on any atom is 0 e. The van der Waals surface area contributed by atoms with Gasteiger partial charge in [0, 0.05) is 16.8 Å². The molecule has 9 rings (SSSR count). The van der Waals surface area contributed by atoms with Crippen LogP contribution in [0.15, 0.2) is 273 Å². The third-order valence-electron chi connectivity index (χ3n) is 9.13. The van der Waals surface area contributed by atoms with Crippen LogP contribution in [0.5, 0.6) is 0 Å². The predicted octanol–water partition coefficient (Wildman–Crippen LogP) is 10.3. The number of rotatable bonds is 9. The monoisotopic (exact) mass is 845 g/mol. The van der Waals surface area contributed by atoms with E-state index in [1.165, 1.54) is 47.7 Å².